The first-order valence-electron chi connectivity index (χ1n) is 8.43. The molecule has 0 heterocycles. The van der Waals surface area contributed by atoms with Crippen molar-refractivity contribution < 1.29 is 38.9 Å². The van der Waals surface area contributed by atoms with Crippen LogP contribution in [0.15, 0.2) is 25.3 Å². The van der Waals surface area contributed by atoms with Crippen molar-refractivity contribution in [2.75, 3.05) is 13.2 Å². The van der Waals surface area contributed by atoms with Crippen molar-refractivity contribution in [3.63, 3.8) is 0 Å². The minimum absolute atomic E-state index is 0.0493. The molecule has 0 aromatic rings. The summed E-state index contributed by atoms with van der Waals surface area (Å²) in [5.74, 6) is -6.49. The highest BCUT2D eigenvalue weighted by atomic mass is 16.5. The average molecular weight is 382 g/mol. The Kier molecular flexibility index (Phi) is 10.7. The molecule has 27 heavy (non-hydrogen) atoms. The zero-order chi connectivity index (χ0) is 21.0. The first-order chi connectivity index (χ1) is 12.6. The van der Waals surface area contributed by atoms with Gasteiger partial charge in [0, 0.05) is 25.9 Å². The molecule has 2 unspecified atom stereocenters. The maximum atomic E-state index is 12.5. The van der Waals surface area contributed by atoms with E-state index in [0.717, 1.165) is 6.92 Å². The van der Waals surface area contributed by atoms with E-state index in [-0.39, 0.29) is 44.7 Å². The Hall–Kier alpha value is -2.61. The molecule has 0 saturated heterocycles. The Morgan fingerprint density at radius 3 is 2.19 bits per heavy atom. The third-order valence-corrected chi connectivity index (χ3v) is 4.24. The number of allylic oxidation sites excluding steroid dienone is 1. The van der Waals surface area contributed by atoms with Gasteiger partial charge < -0.3 is 14.9 Å². The second-order valence-electron chi connectivity index (χ2n) is 6.16. The molecular weight excluding hydrogens is 356 g/mol. The Bertz CT molecular complexity index is 591. The first-order valence-corrected chi connectivity index (χ1v) is 8.43. The van der Waals surface area contributed by atoms with Crippen LogP contribution in [0.5, 0.6) is 0 Å². The number of ketones is 3. The van der Waals surface area contributed by atoms with Crippen LogP contribution in [0.1, 0.15) is 39.0 Å². The molecule has 0 aliphatic rings. The number of hydrogen-bond donors (Lipinski definition) is 2. The van der Waals surface area contributed by atoms with Crippen molar-refractivity contribution in [3.8, 4) is 0 Å². The van der Waals surface area contributed by atoms with E-state index in [2.05, 4.69) is 13.2 Å². The molecule has 0 spiro atoms. The summed E-state index contributed by atoms with van der Waals surface area (Å²) < 4.78 is 5.12. The highest BCUT2D eigenvalue weighted by Crippen LogP contribution is 2.31. The largest absolute Gasteiger partial charge is 0.481 e. The normalized spacial score (nSPS) is 13.8. The molecule has 8 nitrogen and oxygen atoms in total. The molecule has 0 aromatic carbocycles. The van der Waals surface area contributed by atoms with Crippen molar-refractivity contribution in [1.29, 1.82) is 0 Å². The van der Waals surface area contributed by atoms with Gasteiger partial charge in [-0.3, -0.25) is 24.0 Å². The van der Waals surface area contributed by atoms with E-state index in [9.17, 15) is 34.2 Å². The zero-order valence-corrected chi connectivity index (χ0v) is 15.4. The topological polar surface area (TPSA) is 135 Å². The summed E-state index contributed by atoms with van der Waals surface area (Å²) in [6.07, 6.45) is 1.39. The Balaban J connectivity index is 5.35. The maximum Gasteiger partial charge on any atom is 0.317 e. The smallest absolute Gasteiger partial charge is 0.317 e. The van der Waals surface area contributed by atoms with E-state index in [1.165, 1.54) is 12.2 Å². The number of Topliss-reactive ketones (excluding diaryl/α,β-unsaturated/α-hetero) is 3. The summed E-state index contributed by atoms with van der Waals surface area (Å²) >= 11 is 0. The van der Waals surface area contributed by atoms with E-state index in [4.69, 9.17) is 4.74 Å². The summed E-state index contributed by atoms with van der Waals surface area (Å²) in [5, 5.41) is 18.8. The van der Waals surface area contributed by atoms with Crippen LogP contribution in [0.25, 0.3) is 0 Å². The highest BCUT2D eigenvalue weighted by molar-refractivity contribution is 6.08. The van der Waals surface area contributed by atoms with Crippen molar-refractivity contribution in [3.05, 3.63) is 25.3 Å². The van der Waals surface area contributed by atoms with Crippen LogP contribution in [0.2, 0.25) is 0 Å². The van der Waals surface area contributed by atoms with Gasteiger partial charge in [0.2, 0.25) is 0 Å². The number of aliphatic carboxylic acids is 2. The van der Waals surface area contributed by atoms with Crippen LogP contribution in [-0.4, -0.2) is 52.7 Å². The molecule has 0 aliphatic heterocycles. The molecule has 0 fully saturated rings. The third kappa shape index (κ3) is 7.65. The van der Waals surface area contributed by atoms with E-state index in [0.29, 0.717) is 0 Å². The summed E-state index contributed by atoms with van der Waals surface area (Å²) in [4.78, 5) is 59.2. The predicted molar refractivity (Wildman–Crippen MR) is 96.2 cm³/mol. The summed E-state index contributed by atoms with van der Waals surface area (Å²) in [6, 6.07) is 0. The van der Waals surface area contributed by atoms with Gasteiger partial charge in [-0.05, 0) is 19.8 Å². The minimum atomic E-state index is -2.07. The Morgan fingerprint density at radius 2 is 1.74 bits per heavy atom. The van der Waals surface area contributed by atoms with Gasteiger partial charge in [0.1, 0.15) is 28.7 Å². The number of ether oxygens (including phenoxy) is 1. The van der Waals surface area contributed by atoms with E-state index in [1.807, 2.05) is 0 Å². The molecule has 0 aromatic heterocycles. The molecular formula is C19H26O8. The van der Waals surface area contributed by atoms with E-state index in [1.54, 1.807) is 0 Å². The van der Waals surface area contributed by atoms with Gasteiger partial charge in [-0.15, -0.1) is 13.2 Å². The maximum absolute atomic E-state index is 12.5. The minimum Gasteiger partial charge on any atom is -0.481 e. The number of hydrogen-bond acceptors (Lipinski definition) is 6. The second kappa shape index (κ2) is 11.9. The lowest BCUT2D eigenvalue weighted by atomic mass is 9.74. The molecule has 2 N–H and O–H groups in total. The van der Waals surface area contributed by atoms with Gasteiger partial charge in [-0.25, -0.2) is 0 Å². The average Bonchev–Trinajstić information content (AvgIpc) is 2.57. The van der Waals surface area contributed by atoms with Gasteiger partial charge in [0.25, 0.3) is 0 Å². The molecule has 0 radical (unpaired) electrons. The van der Waals surface area contributed by atoms with Gasteiger partial charge in [0.05, 0.1) is 6.61 Å². The third-order valence-electron chi connectivity index (χ3n) is 4.24. The Morgan fingerprint density at radius 1 is 1.11 bits per heavy atom. The number of carboxylic acid groups (broad SMARTS) is 2. The number of carbonyl (C=O) groups is 5. The summed E-state index contributed by atoms with van der Waals surface area (Å²) in [7, 11) is 0. The summed E-state index contributed by atoms with van der Waals surface area (Å²) in [6.45, 7) is 7.92. The van der Waals surface area contributed by atoms with Crippen molar-refractivity contribution >= 4 is 29.3 Å². The lowest BCUT2D eigenvalue weighted by molar-refractivity contribution is -0.160. The number of rotatable bonds is 16. The fourth-order valence-electron chi connectivity index (χ4n) is 2.55. The molecule has 0 bridgehead atoms. The lowest BCUT2D eigenvalue weighted by Crippen LogP contribution is -2.43. The fourth-order valence-corrected chi connectivity index (χ4v) is 2.55. The zero-order valence-electron chi connectivity index (χ0n) is 15.4. The van der Waals surface area contributed by atoms with Gasteiger partial charge in [0.15, 0.2) is 0 Å². The highest BCUT2D eigenvalue weighted by Gasteiger charge is 2.46. The van der Waals surface area contributed by atoms with E-state index < -0.39 is 41.3 Å². The number of carboxylic acids is 2. The molecule has 0 amide bonds. The standard InChI is InChI=1S/C19H26O8/c1-4-6-14(21)7-8-15(17(23)24)16(22)12-19(13(3)20,18(25)26)9-11-27-10-5-2/h4-5,15H,1-2,6-12H2,3H3,(H,23,24)(H,25,26). The second-order valence-corrected chi connectivity index (χ2v) is 6.16. The summed E-state index contributed by atoms with van der Waals surface area (Å²) in [5.41, 5.74) is -2.07. The van der Waals surface area contributed by atoms with Gasteiger partial charge in [-0.1, -0.05) is 12.2 Å². The van der Waals surface area contributed by atoms with E-state index >= 15 is 0 Å². The van der Waals surface area contributed by atoms with Crippen LogP contribution >= 0.6 is 0 Å². The fraction of sp³-hybridized carbons (Fsp3) is 0.526. The van der Waals surface area contributed by atoms with Crippen LogP contribution in [0, 0.1) is 11.3 Å². The van der Waals surface area contributed by atoms with Crippen LogP contribution < -0.4 is 0 Å². The first kappa shape index (κ1) is 24.4. The molecule has 2 atom stereocenters. The lowest BCUT2D eigenvalue weighted by Gasteiger charge is -2.27. The molecule has 0 rings (SSSR count). The molecule has 150 valence electrons. The van der Waals surface area contributed by atoms with Crippen LogP contribution in [0.3, 0.4) is 0 Å². The van der Waals surface area contributed by atoms with Crippen LogP contribution in [-0.2, 0) is 28.7 Å². The van der Waals surface area contributed by atoms with Crippen molar-refractivity contribution in [2.45, 2.75) is 39.0 Å². The van der Waals surface area contributed by atoms with Gasteiger partial charge >= 0.3 is 11.9 Å². The van der Waals surface area contributed by atoms with Crippen molar-refractivity contribution in [2.24, 2.45) is 11.3 Å². The van der Waals surface area contributed by atoms with Crippen molar-refractivity contribution in [1.82, 2.24) is 0 Å². The quantitative estimate of drug-likeness (QED) is 0.234. The molecule has 0 saturated carbocycles. The van der Waals surface area contributed by atoms with Crippen LogP contribution in [0.4, 0.5) is 0 Å². The van der Waals surface area contributed by atoms with Gasteiger partial charge in [-0.2, -0.15) is 0 Å². The predicted octanol–water partition coefficient (Wildman–Crippen LogP) is 1.82. The number of carbonyl (C=O) groups excluding carboxylic acids is 3. The molecule has 8 heteroatoms. The monoisotopic (exact) mass is 382 g/mol. The molecule has 0 aliphatic carbocycles. The SMILES string of the molecule is C=CCOCCC(CC(=O)C(CCC(=O)CC=C)C(=O)O)(C(C)=O)C(=O)O. The Labute approximate surface area is 157 Å².